The highest BCUT2D eigenvalue weighted by Gasteiger charge is 2.24. The maximum Gasteiger partial charge on any atom is 0.166 e. The van der Waals surface area contributed by atoms with Crippen LogP contribution in [0.3, 0.4) is 0 Å². The average Bonchev–Trinajstić information content (AvgIpc) is 3.87. The largest absolute Gasteiger partial charge is 0.308 e. The number of aromatic nitrogens is 5. The van der Waals surface area contributed by atoms with E-state index in [-0.39, 0.29) is 0 Å². The molecule has 0 aliphatic heterocycles. The van der Waals surface area contributed by atoms with Crippen LogP contribution in [0.2, 0.25) is 0 Å². The molecule has 62 heavy (non-hydrogen) atoms. The average molecular weight is 792 g/mol. The van der Waals surface area contributed by atoms with E-state index in [1.165, 1.54) is 43.8 Å². The molecule has 290 valence electrons. The number of fused-ring (bicyclic) bond motifs is 7. The van der Waals surface area contributed by atoms with Crippen molar-refractivity contribution in [2.45, 2.75) is 0 Å². The number of para-hydroxylation sites is 3. The van der Waals surface area contributed by atoms with Gasteiger partial charge < -0.3 is 9.13 Å². The Morgan fingerprint density at radius 2 is 0.774 bits per heavy atom. The number of benzene rings is 9. The Kier molecular flexibility index (Phi) is 8.42. The summed E-state index contributed by atoms with van der Waals surface area (Å²) >= 11 is 0. The van der Waals surface area contributed by atoms with Crippen LogP contribution in [0.25, 0.3) is 111 Å². The van der Waals surface area contributed by atoms with E-state index < -0.39 is 0 Å². The minimum absolute atomic E-state index is 0.612. The summed E-state index contributed by atoms with van der Waals surface area (Å²) in [5, 5.41) is 4.76. The fourth-order valence-electron chi connectivity index (χ4n) is 9.20. The zero-order valence-electron chi connectivity index (χ0n) is 33.6. The van der Waals surface area contributed by atoms with Crippen molar-refractivity contribution in [3.05, 3.63) is 224 Å². The van der Waals surface area contributed by atoms with Gasteiger partial charge >= 0.3 is 0 Å². The van der Waals surface area contributed by atoms with E-state index in [1.54, 1.807) is 0 Å². The number of rotatable bonds is 7. The fourth-order valence-corrected chi connectivity index (χ4v) is 9.20. The third-order valence-electron chi connectivity index (χ3n) is 12.0. The van der Waals surface area contributed by atoms with Gasteiger partial charge in [0.25, 0.3) is 0 Å². The van der Waals surface area contributed by atoms with Gasteiger partial charge in [-0.25, -0.2) is 15.0 Å². The van der Waals surface area contributed by atoms with E-state index in [0.29, 0.717) is 17.5 Å². The Hall–Kier alpha value is -8.41. The second kappa shape index (κ2) is 14.7. The SMILES string of the molecule is c1ccc(-c2ccc(-n3c4ccccc4c4ccc5c(c6ccccc6n5-c5ccccc5-c5nc(-c6ccccc6)nc(-c6ccccc6)n5)c43)c(-c3ccccc3)c2)cc1. The molecule has 0 saturated heterocycles. The Morgan fingerprint density at radius 3 is 1.44 bits per heavy atom. The molecule has 0 atom stereocenters. The fraction of sp³-hybridized carbons (Fsp3) is 0. The predicted octanol–water partition coefficient (Wildman–Crippen LogP) is 14.4. The molecular weight excluding hydrogens is 755 g/mol. The highest BCUT2D eigenvalue weighted by molar-refractivity contribution is 6.26. The third-order valence-corrected chi connectivity index (χ3v) is 12.0. The van der Waals surface area contributed by atoms with E-state index in [9.17, 15) is 0 Å². The maximum absolute atomic E-state index is 5.19. The van der Waals surface area contributed by atoms with E-state index in [2.05, 4.69) is 197 Å². The zero-order chi connectivity index (χ0) is 41.0. The Labute approximate surface area is 358 Å². The molecular formula is C57H37N5. The van der Waals surface area contributed by atoms with Crippen molar-refractivity contribution in [2.24, 2.45) is 0 Å². The van der Waals surface area contributed by atoms with Gasteiger partial charge in [0, 0.05) is 43.8 Å². The van der Waals surface area contributed by atoms with Crippen LogP contribution in [0, 0.1) is 0 Å². The summed E-state index contributed by atoms with van der Waals surface area (Å²) in [5.74, 6) is 1.87. The van der Waals surface area contributed by atoms with Crippen LogP contribution in [0.4, 0.5) is 0 Å². The van der Waals surface area contributed by atoms with Gasteiger partial charge in [0.05, 0.1) is 33.4 Å². The molecule has 5 nitrogen and oxygen atoms in total. The van der Waals surface area contributed by atoms with Crippen molar-refractivity contribution in [1.82, 2.24) is 24.1 Å². The first kappa shape index (κ1) is 35.5. The molecule has 3 heterocycles. The standard InChI is InChI=1S/C57H37N5/c1-5-19-38(20-6-1)42-33-35-51(47(37-42)39-21-7-2-8-22-39)62-48-30-16-13-27-43(48)44-34-36-52-53(54(44)62)45-28-14-17-31-49(45)61(52)50-32-18-15-29-46(50)57-59-55(40-23-9-3-10-24-40)58-56(60-57)41-25-11-4-12-26-41/h1-37H. The summed E-state index contributed by atoms with van der Waals surface area (Å²) in [6, 6.07) is 79.3. The zero-order valence-corrected chi connectivity index (χ0v) is 33.6. The van der Waals surface area contributed by atoms with Gasteiger partial charge in [0.15, 0.2) is 17.5 Å². The molecule has 0 bridgehead atoms. The van der Waals surface area contributed by atoms with E-state index in [0.717, 1.165) is 50.2 Å². The van der Waals surface area contributed by atoms with Crippen LogP contribution in [0.1, 0.15) is 0 Å². The van der Waals surface area contributed by atoms with Crippen molar-refractivity contribution < 1.29 is 0 Å². The molecule has 3 aromatic heterocycles. The number of hydrogen-bond acceptors (Lipinski definition) is 3. The van der Waals surface area contributed by atoms with Gasteiger partial charge in [0.1, 0.15) is 0 Å². The first-order valence-electron chi connectivity index (χ1n) is 21.0. The minimum Gasteiger partial charge on any atom is -0.308 e. The molecule has 0 spiro atoms. The lowest BCUT2D eigenvalue weighted by atomic mass is 9.97. The molecule has 0 radical (unpaired) electrons. The third kappa shape index (κ3) is 5.82. The van der Waals surface area contributed by atoms with Gasteiger partial charge in [-0.3, -0.25) is 0 Å². The monoisotopic (exact) mass is 791 g/mol. The molecule has 0 aliphatic carbocycles. The summed E-state index contributed by atoms with van der Waals surface area (Å²) in [4.78, 5) is 15.4. The van der Waals surface area contributed by atoms with Gasteiger partial charge in [-0.2, -0.15) is 0 Å². The molecule has 5 heteroatoms. The summed E-state index contributed by atoms with van der Waals surface area (Å²) in [6.07, 6.45) is 0. The second-order valence-corrected chi connectivity index (χ2v) is 15.6. The number of hydrogen-bond donors (Lipinski definition) is 0. The molecule has 0 saturated carbocycles. The van der Waals surface area contributed by atoms with Crippen LogP contribution < -0.4 is 0 Å². The van der Waals surface area contributed by atoms with E-state index in [1.807, 2.05) is 36.4 Å². The van der Waals surface area contributed by atoms with Crippen LogP contribution in [-0.2, 0) is 0 Å². The maximum atomic E-state index is 5.19. The van der Waals surface area contributed by atoms with Crippen LogP contribution in [0.5, 0.6) is 0 Å². The molecule has 0 unspecified atom stereocenters. The molecule has 0 aliphatic rings. The Balaban J connectivity index is 1.16. The molecule has 9 aromatic carbocycles. The van der Waals surface area contributed by atoms with E-state index in [4.69, 9.17) is 15.0 Å². The van der Waals surface area contributed by atoms with Gasteiger partial charge in [-0.15, -0.1) is 0 Å². The van der Waals surface area contributed by atoms with Crippen LogP contribution in [-0.4, -0.2) is 24.1 Å². The summed E-state index contributed by atoms with van der Waals surface area (Å²) < 4.78 is 4.89. The first-order valence-corrected chi connectivity index (χ1v) is 21.0. The molecule has 0 fully saturated rings. The highest BCUT2D eigenvalue weighted by atomic mass is 15.1. The lowest BCUT2D eigenvalue weighted by Gasteiger charge is -2.17. The second-order valence-electron chi connectivity index (χ2n) is 15.6. The molecule has 12 aromatic rings. The van der Waals surface area contributed by atoms with Crippen LogP contribution in [0.15, 0.2) is 224 Å². The molecule has 0 N–H and O–H groups in total. The van der Waals surface area contributed by atoms with Crippen molar-refractivity contribution >= 4 is 43.6 Å². The topological polar surface area (TPSA) is 48.5 Å². The van der Waals surface area contributed by atoms with E-state index >= 15 is 0 Å². The smallest absolute Gasteiger partial charge is 0.166 e. The molecule has 0 amide bonds. The van der Waals surface area contributed by atoms with Crippen molar-refractivity contribution in [3.8, 4) is 67.8 Å². The quantitative estimate of drug-likeness (QED) is 0.162. The summed E-state index contributed by atoms with van der Waals surface area (Å²) in [7, 11) is 0. The molecule has 12 rings (SSSR count). The lowest BCUT2D eigenvalue weighted by molar-refractivity contribution is 1.06. The predicted molar refractivity (Wildman–Crippen MR) is 256 cm³/mol. The van der Waals surface area contributed by atoms with Gasteiger partial charge in [0.2, 0.25) is 0 Å². The Morgan fingerprint density at radius 1 is 0.274 bits per heavy atom. The van der Waals surface area contributed by atoms with Crippen molar-refractivity contribution in [1.29, 1.82) is 0 Å². The van der Waals surface area contributed by atoms with Crippen molar-refractivity contribution in [2.75, 3.05) is 0 Å². The first-order chi connectivity index (χ1) is 30.8. The highest BCUT2D eigenvalue weighted by Crippen LogP contribution is 2.45. The summed E-state index contributed by atoms with van der Waals surface area (Å²) in [6.45, 7) is 0. The lowest BCUT2D eigenvalue weighted by Crippen LogP contribution is -2.03. The van der Waals surface area contributed by atoms with Gasteiger partial charge in [-0.1, -0.05) is 182 Å². The number of nitrogens with zero attached hydrogens (tertiary/aromatic N) is 5. The minimum atomic E-state index is 0.612. The summed E-state index contributed by atoms with van der Waals surface area (Å²) in [5.41, 5.74) is 14.1. The van der Waals surface area contributed by atoms with Crippen LogP contribution >= 0.6 is 0 Å². The van der Waals surface area contributed by atoms with Crippen molar-refractivity contribution in [3.63, 3.8) is 0 Å². The van der Waals surface area contributed by atoms with Gasteiger partial charge in [-0.05, 0) is 59.2 Å². The normalized spacial score (nSPS) is 11.5. The Bertz CT molecular complexity index is 3550.